The van der Waals surface area contributed by atoms with Crippen LogP contribution in [0.5, 0.6) is 0 Å². The van der Waals surface area contributed by atoms with Gasteiger partial charge in [0.15, 0.2) is 0 Å². The monoisotopic (exact) mass is 213 g/mol. The quantitative estimate of drug-likeness (QED) is 0.702. The Labute approximate surface area is 94.8 Å². The largest absolute Gasteiger partial charge is 0.379 e. The van der Waals surface area contributed by atoms with Crippen molar-refractivity contribution < 1.29 is 4.74 Å². The van der Waals surface area contributed by atoms with Gasteiger partial charge >= 0.3 is 0 Å². The standard InChI is InChI=1S/C13H27NO/c1-6-7-11-8-12(11)14-10(2)9-13(3,4)15-5/h10-12,14H,6-9H2,1-5H3. The van der Waals surface area contributed by atoms with E-state index in [-0.39, 0.29) is 5.60 Å². The normalized spacial score (nSPS) is 27.8. The fourth-order valence-electron chi connectivity index (χ4n) is 2.39. The van der Waals surface area contributed by atoms with Gasteiger partial charge in [-0.2, -0.15) is 0 Å². The van der Waals surface area contributed by atoms with Crippen molar-refractivity contribution in [1.29, 1.82) is 0 Å². The lowest BCUT2D eigenvalue weighted by atomic mass is 10.00. The summed E-state index contributed by atoms with van der Waals surface area (Å²) in [6.07, 6.45) is 5.17. The first-order valence-corrected chi connectivity index (χ1v) is 6.29. The predicted octanol–water partition coefficient (Wildman–Crippen LogP) is 2.97. The summed E-state index contributed by atoms with van der Waals surface area (Å²) in [5.41, 5.74) is 0.00155. The third-order valence-corrected chi connectivity index (χ3v) is 3.43. The molecule has 15 heavy (non-hydrogen) atoms. The molecule has 3 unspecified atom stereocenters. The van der Waals surface area contributed by atoms with Gasteiger partial charge in [-0.1, -0.05) is 13.3 Å². The van der Waals surface area contributed by atoms with Gasteiger partial charge in [-0.3, -0.25) is 0 Å². The highest BCUT2D eigenvalue weighted by atomic mass is 16.5. The molecule has 0 aromatic rings. The topological polar surface area (TPSA) is 21.3 Å². The molecule has 1 rings (SSSR count). The second kappa shape index (κ2) is 5.31. The van der Waals surface area contributed by atoms with Crippen LogP contribution in [0, 0.1) is 5.92 Å². The van der Waals surface area contributed by atoms with Crippen LogP contribution in [0.2, 0.25) is 0 Å². The molecule has 90 valence electrons. The average molecular weight is 213 g/mol. The van der Waals surface area contributed by atoms with Crippen LogP contribution in [-0.2, 0) is 4.74 Å². The van der Waals surface area contributed by atoms with Crippen LogP contribution in [0.25, 0.3) is 0 Å². The van der Waals surface area contributed by atoms with E-state index in [4.69, 9.17) is 4.74 Å². The Morgan fingerprint density at radius 2 is 2.13 bits per heavy atom. The van der Waals surface area contributed by atoms with Crippen molar-refractivity contribution in [2.75, 3.05) is 7.11 Å². The second-order valence-electron chi connectivity index (χ2n) is 5.63. The lowest BCUT2D eigenvalue weighted by Crippen LogP contribution is -2.37. The van der Waals surface area contributed by atoms with Crippen molar-refractivity contribution in [3.8, 4) is 0 Å². The molecule has 3 atom stereocenters. The van der Waals surface area contributed by atoms with Gasteiger partial charge in [-0.05, 0) is 46.0 Å². The molecule has 1 aliphatic carbocycles. The van der Waals surface area contributed by atoms with Gasteiger partial charge in [-0.25, -0.2) is 0 Å². The van der Waals surface area contributed by atoms with E-state index < -0.39 is 0 Å². The van der Waals surface area contributed by atoms with Gasteiger partial charge in [0.25, 0.3) is 0 Å². The minimum atomic E-state index is 0.00155. The first kappa shape index (κ1) is 13.0. The second-order valence-corrected chi connectivity index (χ2v) is 5.63. The summed E-state index contributed by atoms with van der Waals surface area (Å²) in [5.74, 6) is 0.947. The minimum Gasteiger partial charge on any atom is -0.379 e. The molecule has 1 N–H and O–H groups in total. The molecule has 0 spiro atoms. The fourth-order valence-corrected chi connectivity index (χ4v) is 2.39. The molecule has 1 aliphatic rings. The van der Waals surface area contributed by atoms with Crippen LogP contribution in [0.15, 0.2) is 0 Å². The highest BCUT2D eigenvalue weighted by molar-refractivity contribution is 4.94. The Bertz CT molecular complexity index is 191. The lowest BCUT2D eigenvalue weighted by molar-refractivity contribution is 0.00834. The maximum Gasteiger partial charge on any atom is 0.0637 e. The number of rotatable bonds is 7. The molecule has 0 radical (unpaired) electrons. The molecule has 0 heterocycles. The van der Waals surface area contributed by atoms with Crippen molar-refractivity contribution in [3.63, 3.8) is 0 Å². The molecule has 2 heteroatoms. The van der Waals surface area contributed by atoms with Gasteiger partial charge in [0.1, 0.15) is 0 Å². The van der Waals surface area contributed by atoms with Crippen molar-refractivity contribution in [1.82, 2.24) is 5.32 Å². The fraction of sp³-hybridized carbons (Fsp3) is 1.00. The Morgan fingerprint density at radius 1 is 1.47 bits per heavy atom. The smallest absolute Gasteiger partial charge is 0.0637 e. The summed E-state index contributed by atoms with van der Waals surface area (Å²) >= 11 is 0. The Kier molecular flexibility index (Phi) is 4.60. The van der Waals surface area contributed by atoms with E-state index in [9.17, 15) is 0 Å². The zero-order valence-corrected chi connectivity index (χ0v) is 11.0. The van der Waals surface area contributed by atoms with E-state index in [1.165, 1.54) is 19.3 Å². The van der Waals surface area contributed by atoms with Crippen LogP contribution in [-0.4, -0.2) is 24.8 Å². The molecule has 0 bridgehead atoms. The summed E-state index contributed by atoms with van der Waals surface area (Å²) in [6.45, 7) is 8.85. The van der Waals surface area contributed by atoms with Crippen LogP contribution >= 0.6 is 0 Å². The molecule has 1 fully saturated rings. The zero-order chi connectivity index (χ0) is 11.5. The Morgan fingerprint density at radius 3 is 2.67 bits per heavy atom. The molecular formula is C13H27NO. The molecular weight excluding hydrogens is 186 g/mol. The summed E-state index contributed by atoms with van der Waals surface area (Å²) in [7, 11) is 1.80. The van der Waals surface area contributed by atoms with Crippen LogP contribution in [0.4, 0.5) is 0 Å². The van der Waals surface area contributed by atoms with Gasteiger partial charge in [0, 0.05) is 19.2 Å². The lowest BCUT2D eigenvalue weighted by Gasteiger charge is -2.27. The first-order chi connectivity index (χ1) is 6.98. The van der Waals surface area contributed by atoms with E-state index in [2.05, 4.69) is 33.0 Å². The molecule has 0 aromatic heterocycles. The van der Waals surface area contributed by atoms with Crippen LogP contribution in [0.3, 0.4) is 0 Å². The van der Waals surface area contributed by atoms with E-state index in [0.717, 1.165) is 18.4 Å². The third kappa shape index (κ3) is 4.52. The number of hydrogen-bond donors (Lipinski definition) is 1. The van der Waals surface area contributed by atoms with Gasteiger partial charge in [0.2, 0.25) is 0 Å². The van der Waals surface area contributed by atoms with Gasteiger partial charge in [0.05, 0.1) is 5.60 Å². The van der Waals surface area contributed by atoms with Gasteiger partial charge in [-0.15, -0.1) is 0 Å². The summed E-state index contributed by atoms with van der Waals surface area (Å²) in [4.78, 5) is 0. The molecule has 0 aliphatic heterocycles. The van der Waals surface area contributed by atoms with Crippen molar-refractivity contribution in [2.45, 2.75) is 71.1 Å². The van der Waals surface area contributed by atoms with Gasteiger partial charge < -0.3 is 10.1 Å². The molecule has 1 saturated carbocycles. The Balaban J connectivity index is 2.17. The number of nitrogens with one attached hydrogen (secondary N) is 1. The van der Waals surface area contributed by atoms with E-state index in [1.54, 1.807) is 7.11 Å². The molecule has 0 saturated heterocycles. The van der Waals surface area contributed by atoms with Crippen LogP contribution in [0.1, 0.15) is 53.4 Å². The Hall–Kier alpha value is -0.0800. The highest BCUT2D eigenvalue weighted by Gasteiger charge is 2.37. The number of methoxy groups -OCH3 is 1. The van der Waals surface area contributed by atoms with Crippen molar-refractivity contribution in [2.24, 2.45) is 5.92 Å². The maximum atomic E-state index is 5.44. The van der Waals surface area contributed by atoms with Crippen LogP contribution < -0.4 is 5.32 Å². The molecule has 2 nitrogen and oxygen atoms in total. The summed E-state index contributed by atoms with van der Waals surface area (Å²) in [5, 5.41) is 3.70. The number of hydrogen-bond acceptors (Lipinski definition) is 2. The molecule has 0 aromatic carbocycles. The van der Waals surface area contributed by atoms with E-state index in [0.29, 0.717) is 6.04 Å². The zero-order valence-electron chi connectivity index (χ0n) is 11.0. The predicted molar refractivity (Wildman–Crippen MR) is 65.1 cm³/mol. The average Bonchev–Trinajstić information content (AvgIpc) is 2.83. The number of ether oxygens (including phenoxy) is 1. The third-order valence-electron chi connectivity index (χ3n) is 3.43. The van der Waals surface area contributed by atoms with E-state index in [1.807, 2.05) is 0 Å². The SMILES string of the molecule is CCCC1CC1NC(C)CC(C)(C)OC. The summed E-state index contributed by atoms with van der Waals surface area (Å²) in [6, 6.07) is 1.35. The minimum absolute atomic E-state index is 0.00155. The molecule has 0 amide bonds. The highest BCUT2D eigenvalue weighted by Crippen LogP contribution is 2.35. The summed E-state index contributed by atoms with van der Waals surface area (Å²) < 4.78 is 5.44. The van der Waals surface area contributed by atoms with Crippen molar-refractivity contribution in [3.05, 3.63) is 0 Å². The van der Waals surface area contributed by atoms with E-state index >= 15 is 0 Å². The first-order valence-electron chi connectivity index (χ1n) is 6.29. The van der Waals surface area contributed by atoms with Crippen molar-refractivity contribution >= 4 is 0 Å². The maximum absolute atomic E-state index is 5.44.